The number of pyridine rings is 1. The molecule has 0 fully saturated rings. The summed E-state index contributed by atoms with van der Waals surface area (Å²) < 4.78 is 23.3. The topological polar surface area (TPSA) is 109 Å². The highest BCUT2D eigenvalue weighted by Gasteiger charge is 2.13. The van der Waals surface area contributed by atoms with Crippen molar-refractivity contribution in [3.05, 3.63) is 60.9 Å². The minimum Gasteiger partial charge on any atom is -0.497 e. The van der Waals surface area contributed by atoms with E-state index in [1.165, 1.54) is 7.11 Å². The lowest BCUT2D eigenvalue weighted by atomic mass is 10.1. The number of imidazole rings is 1. The molecule has 33 heavy (non-hydrogen) atoms. The van der Waals surface area contributed by atoms with Crippen molar-refractivity contribution in [2.24, 2.45) is 0 Å². The van der Waals surface area contributed by atoms with E-state index in [2.05, 4.69) is 10.3 Å². The van der Waals surface area contributed by atoms with Crippen LogP contribution in [0.15, 0.2) is 60.9 Å². The number of carbonyl (C=O) groups is 1. The summed E-state index contributed by atoms with van der Waals surface area (Å²) in [7, 11) is 4.65. The van der Waals surface area contributed by atoms with E-state index in [9.17, 15) is 4.79 Å². The highest BCUT2D eigenvalue weighted by atomic mass is 16.5. The maximum Gasteiger partial charge on any atom is 0.262 e. The van der Waals surface area contributed by atoms with Crippen LogP contribution in [0, 0.1) is 0 Å². The van der Waals surface area contributed by atoms with Crippen molar-refractivity contribution in [2.75, 3.05) is 39.0 Å². The minimum atomic E-state index is -0.338. The molecule has 0 aliphatic carbocycles. The van der Waals surface area contributed by atoms with Crippen LogP contribution in [0.3, 0.4) is 0 Å². The first-order valence-electron chi connectivity index (χ1n) is 10.1. The van der Waals surface area contributed by atoms with Gasteiger partial charge in [0.05, 0.1) is 38.4 Å². The predicted molar refractivity (Wildman–Crippen MR) is 125 cm³/mol. The molecular formula is C24H24N4O5. The van der Waals surface area contributed by atoms with E-state index in [0.29, 0.717) is 45.7 Å². The molecule has 4 aromatic rings. The molecule has 0 saturated heterocycles. The van der Waals surface area contributed by atoms with Gasteiger partial charge in [-0.15, -0.1) is 0 Å². The number of fused-ring (bicyclic) bond motifs is 1. The average molecular weight is 448 g/mol. The normalized spacial score (nSPS) is 10.6. The van der Waals surface area contributed by atoms with Gasteiger partial charge in [0.2, 0.25) is 0 Å². The molecule has 0 bridgehead atoms. The lowest BCUT2D eigenvalue weighted by Crippen LogP contribution is -2.20. The van der Waals surface area contributed by atoms with Crippen molar-refractivity contribution in [2.45, 2.75) is 0 Å². The summed E-state index contributed by atoms with van der Waals surface area (Å²) >= 11 is 0. The van der Waals surface area contributed by atoms with Gasteiger partial charge < -0.3 is 34.4 Å². The minimum absolute atomic E-state index is 0.202. The molecule has 2 heterocycles. The highest BCUT2D eigenvalue weighted by Crippen LogP contribution is 2.31. The fourth-order valence-corrected chi connectivity index (χ4v) is 3.36. The van der Waals surface area contributed by atoms with Gasteiger partial charge in [0.15, 0.2) is 18.0 Å². The molecule has 0 atom stereocenters. The molecule has 0 aliphatic rings. The van der Waals surface area contributed by atoms with E-state index in [4.69, 9.17) is 24.7 Å². The van der Waals surface area contributed by atoms with Crippen molar-refractivity contribution >= 4 is 22.9 Å². The number of nitrogens with zero attached hydrogens (tertiary/aromatic N) is 2. The lowest BCUT2D eigenvalue weighted by molar-refractivity contribution is -0.118. The van der Waals surface area contributed by atoms with Crippen LogP contribution in [0.4, 0.5) is 11.4 Å². The molecule has 2 aromatic carbocycles. The Kier molecular flexibility index (Phi) is 6.21. The van der Waals surface area contributed by atoms with Crippen LogP contribution in [0.5, 0.6) is 23.0 Å². The molecule has 0 aliphatic heterocycles. The third-order valence-corrected chi connectivity index (χ3v) is 5.01. The Morgan fingerprint density at radius 1 is 1.00 bits per heavy atom. The zero-order valence-corrected chi connectivity index (χ0v) is 18.5. The maximum atomic E-state index is 12.5. The van der Waals surface area contributed by atoms with Gasteiger partial charge in [0.25, 0.3) is 5.91 Å². The Bertz CT molecular complexity index is 1300. The van der Waals surface area contributed by atoms with Crippen molar-refractivity contribution in [3.8, 4) is 34.3 Å². The molecule has 0 saturated carbocycles. The van der Waals surface area contributed by atoms with E-state index in [0.717, 1.165) is 5.56 Å². The Labute approximate surface area is 190 Å². The first-order chi connectivity index (χ1) is 16.0. The summed E-state index contributed by atoms with van der Waals surface area (Å²) in [6.07, 6.45) is 3.72. The molecule has 9 heteroatoms. The number of anilines is 2. The van der Waals surface area contributed by atoms with Crippen LogP contribution in [0.2, 0.25) is 0 Å². The second-order valence-corrected chi connectivity index (χ2v) is 7.09. The number of amides is 1. The number of aromatic nitrogens is 2. The summed E-state index contributed by atoms with van der Waals surface area (Å²) in [4.78, 5) is 17.2. The SMILES string of the molecule is COc1ccc(NC(=O)COc2cccn3cc(-c4ccc(OC)c(N)c4)nc23)c(OC)c1. The standard InChI is InChI=1S/C24H24N4O5/c1-30-16-7-8-18(22(12-16)32-3)26-23(29)14-33-21-5-4-10-28-13-19(27-24(21)28)15-6-9-20(31-2)17(25)11-15/h4-13H,14,25H2,1-3H3,(H,26,29). The Hall–Kier alpha value is -4.40. The van der Waals surface area contributed by atoms with Crippen LogP contribution in [-0.2, 0) is 4.79 Å². The first-order valence-corrected chi connectivity index (χ1v) is 10.1. The van der Waals surface area contributed by atoms with Crippen molar-refractivity contribution in [1.29, 1.82) is 0 Å². The van der Waals surface area contributed by atoms with Crippen LogP contribution in [0.1, 0.15) is 0 Å². The van der Waals surface area contributed by atoms with Crippen LogP contribution in [0.25, 0.3) is 16.9 Å². The zero-order valence-electron chi connectivity index (χ0n) is 18.5. The number of hydrogen-bond acceptors (Lipinski definition) is 7. The predicted octanol–water partition coefficient (Wildman–Crippen LogP) is 3.63. The molecule has 1 amide bonds. The monoisotopic (exact) mass is 448 g/mol. The number of nitrogens with one attached hydrogen (secondary N) is 1. The molecular weight excluding hydrogens is 424 g/mol. The largest absolute Gasteiger partial charge is 0.497 e. The molecule has 0 unspecified atom stereocenters. The molecule has 3 N–H and O–H groups in total. The van der Waals surface area contributed by atoms with E-state index >= 15 is 0 Å². The fraction of sp³-hybridized carbons (Fsp3) is 0.167. The van der Waals surface area contributed by atoms with Crippen molar-refractivity contribution in [1.82, 2.24) is 9.38 Å². The van der Waals surface area contributed by atoms with Gasteiger partial charge in [-0.25, -0.2) is 4.98 Å². The number of rotatable bonds is 8. The highest BCUT2D eigenvalue weighted by molar-refractivity contribution is 5.93. The van der Waals surface area contributed by atoms with E-state index < -0.39 is 0 Å². The quantitative estimate of drug-likeness (QED) is 0.396. The van der Waals surface area contributed by atoms with E-state index in [1.807, 2.05) is 28.9 Å². The third kappa shape index (κ3) is 4.62. The molecule has 0 spiro atoms. The first kappa shape index (κ1) is 21.8. The number of nitrogen functional groups attached to an aromatic ring is 1. The fourth-order valence-electron chi connectivity index (χ4n) is 3.36. The van der Waals surface area contributed by atoms with Crippen LogP contribution in [-0.4, -0.2) is 43.2 Å². The van der Waals surface area contributed by atoms with Crippen LogP contribution >= 0.6 is 0 Å². The number of methoxy groups -OCH3 is 3. The van der Waals surface area contributed by atoms with Gasteiger partial charge in [-0.2, -0.15) is 0 Å². The van der Waals surface area contributed by atoms with Gasteiger partial charge in [0.1, 0.15) is 17.2 Å². The van der Waals surface area contributed by atoms with Gasteiger partial charge in [-0.05, 0) is 42.5 Å². The molecule has 4 rings (SSSR count). The van der Waals surface area contributed by atoms with Crippen molar-refractivity contribution in [3.63, 3.8) is 0 Å². The molecule has 2 aromatic heterocycles. The van der Waals surface area contributed by atoms with Gasteiger partial charge in [0, 0.05) is 24.0 Å². The third-order valence-electron chi connectivity index (χ3n) is 5.01. The van der Waals surface area contributed by atoms with Crippen LogP contribution < -0.4 is 30.0 Å². The van der Waals surface area contributed by atoms with Gasteiger partial charge in [-0.1, -0.05) is 0 Å². The number of benzene rings is 2. The second-order valence-electron chi connectivity index (χ2n) is 7.09. The molecule has 9 nitrogen and oxygen atoms in total. The summed E-state index contributed by atoms with van der Waals surface area (Å²) in [6, 6.07) is 14.2. The van der Waals surface area contributed by atoms with Gasteiger partial charge >= 0.3 is 0 Å². The Morgan fingerprint density at radius 2 is 1.82 bits per heavy atom. The molecule has 170 valence electrons. The average Bonchev–Trinajstić information content (AvgIpc) is 3.28. The Balaban J connectivity index is 1.50. The summed E-state index contributed by atoms with van der Waals surface area (Å²) in [5, 5.41) is 2.78. The number of carbonyl (C=O) groups excluding carboxylic acids is 1. The number of ether oxygens (including phenoxy) is 4. The zero-order chi connectivity index (χ0) is 23.4. The second kappa shape index (κ2) is 9.39. The smallest absolute Gasteiger partial charge is 0.262 e. The van der Waals surface area contributed by atoms with E-state index in [1.54, 1.807) is 50.6 Å². The van der Waals surface area contributed by atoms with E-state index in [-0.39, 0.29) is 12.5 Å². The van der Waals surface area contributed by atoms with Gasteiger partial charge in [-0.3, -0.25) is 4.79 Å². The molecule has 0 radical (unpaired) electrons. The number of hydrogen-bond donors (Lipinski definition) is 2. The summed E-state index contributed by atoms with van der Waals surface area (Å²) in [5.41, 5.74) is 9.21. The lowest BCUT2D eigenvalue weighted by Gasteiger charge is -2.12. The maximum absolute atomic E-state index is 12.5. The number of nitrogens with two attached hydrogens (primary N) is 1. The van der Waals surface area contributed by atoms with Crippen molar-refractivity contribution < 1.29 is 23.7 Å². The Morgan fingerprint density at radius 3 is 2.55 bits per heavy atom. The summed E-state index contributed by atoms with van der Waals surface area (Å²) in [5.74, 6) is 1.85. The summed E-state index contributed by atoms with van der Waals surface area (Å²) in [6.45, 7) is -0.202.